The van der Waals surface area contributed by atoms with Crippen molar-refractivity contribution < 1.29 is 9.53 Å². The summed E-state index contributed by atoms with van der Waals surface area (Å²) in [4.78, 5) is 12.7. The summed E-state index contributed by atoms with van der Waals surface area (Å²) < 4.78 is 5.20. The summed E-state index contributed by atoms with van der Waals surface area (Å²) in [5.41, 5.74) is 7.73. The highest BCUT2D eigenvalue weighted by Crippen LogP contribution is 2.24. The van der Waals surface area contributed by atoms with Gasteiger partial charge >= 0.3 is 5.97 Å². The standard InChI is InChI=1S/C13H13NO2S/c1-9-12(14)11(8-17-9)13(15)16-7-10-5-3-2-4-6-10/h2-6,8H,7,14H2,1H3. The molecule has 0 aliphatic carbocycles. The van der Waals surface area contributed by atoms with Gasteiger partial charge in [0.1, 0.15) is 6.61 Å². The third-order valence-corrected chi connectivity index (χ3v) is 3.38. The fraction of sp³-hybridized carbons (Fsp3) is 0.154. The van der Waals surface area contributed by atoms with E-state index in [9.17, 15) is 4.79 Å². The molecule has 2 aromatic rings. The highest BCUT2D eigenvalue weighted by molar-refractivity contribution is 7.10. The minimum atomic E-state index is -0.365. The molecular formula is C13H13NO2S. The Balaban J connectivity index is 2.01. The maximum atomic E-state index is 11.8. The number of hydrogen-bond donors (Lipinski definition) is 1. The molecule has 3 nitrogen and oxygen atoms in total. The average Bonchev–Trinajstić information content (AvgIpc) is 2.69. The molecule has 0 aliphatic rings. The number of aryl methyl sites for hydroxylation is 1. The van der Waals surface area contributed by atoms with E-state index in [1.54, 1.807) is 5.38 Å². The Morgan fingerprint density at radius 3 is 2.65 bits per heavy atom. The van der Waals surface area contributed by atoms with E-state index in [1.807, 2.05) is 37.3 Å². The minimum Gasteiger partial charge on any atom is -0.457 e. The highest BCUT2D eigenvalue weighted by atomic mass is 32.1. The molecule has 4 heteroatoms. The lowest BCUT2D eigenvalue weighted by Crippen LogP contribution is -2.06. The number of esters is 1. The number of anilines is 1. The van der Waals surface area contributed by atoms with Crippen molar-refractivity contribution in [3.05, 3.63) is 51.7 Å². The first-order valence-electron chi connectivity index (χ1n) is 5.23. The fourth-order valence-electron chi connectivity index (χ4n) is 1.42. The number of ether oxygens (including phenoxy) is 1. The molecule has 0 spiro atoms. The van der Waals surface area contributed by atoms with Crippen molar-refractivity contribution in [1.82, 2.24) is 0 Å². The van der Waals surface area contributed by atoms with E-state index in [0.717, 1.165) is 10.4 Å². The molecule has 0 aliphatic heterocycles. The Labute approximate surface area is 104 Å². The highest BCUT2D eigenvalue weighted by Gasteiger charge is 2.14. The van der Waals surface area contributed by atoms with E-state index in [2.05, 4.69) is 0 Å². The smallest absolute Gasteiger partial charge is 0.341 e. The lowest BCUT2D eigenvalue weighted by molar-refractivity contribution is 0.0474. The summed E-state index contributed by atoms with van der Waals surface area (Å²) in [7, 11) is 0. The molecule has 88 valence electrons. The van der Waals surface area contributed by atoms with E-state index < -0.39 is 0 Å². The Bertz CT molecular complexity index is 519. The van der Waals surface area contributed by atoms with Crippen LogP contribution in [0.3, 0.4) is 0 Å². The van der Waals surface area contributed by atoms with Crippen LogP contribution in [0.2, 0.25) is 0 Å². The zero-order valence-electron chi connectivity index (χ0n) is 9.47. The van der Waals surface area contributed by atoms with Crippen molar-refractivity contribution in [1.29, 1.82) is 0 Å². The van der Waals surface area contributed by atoms with Gasteiger partial charge in [-0.15, -0.1) is 11.3 Å². The lowest BCUT2D eigenvalue weighted by Gasteiger charge is -2.04. The van der Waals surface area contributed by atoms with Gasteiger partial charge in [-0.05, 0) is 12.5 Å². The molecule has 0 amide bonds. The molecule has 17 heavy (non-hydrogen) atoms. The van der Waals surface area contributed by atoms with Crippen LogP contribution in [0.1, 0.15) is 20.8 Å². The van der Waals surface area contributed by atoms with Crippen LogP contribution in [0.5, 0.6) is 0 Å². The number of hydrogen-bond acceptors (Lipinski definition) is 4. The second-order valence-corrected chi connectivity index (χ2v) is 4.76. The molecule has 0 bridgehead atoms. The predicted molar refractivity (Wildman–Crippen MR) is 69.0 cm³/mol. The van der Waals surface area contributed by atoms with Gasteiger partial charge in [-0.25, -0.2) is 4.79 Å². The largest absolute Gasteiger partial charge is 0.457 e. The SMILES string of the molecule is Cc1scc(C(=O)OCc2ccccc2)c1N. The van der Waals surface area contributed by atoms with Gasteiger partial charge in [0.15, 0.2) is 0 Å². The van der Waals surface area contributed by atoms with Gasteiger partial charge in [-0.1, -0.05) is 30.3 Å². The third kappa shape index (κ3) is 2.65. The summed E-state index contributed by atoms with van der Waals surface area (Å²) in [5, 5.41) is 1.73. The van der Waals surface area contributed by atoms with Gasteiger partial charge in [0.25, 0.3) is 0 Å². The molecule has 2 N–H and O–H groups in total. The van der Waals surface area contributed by atoms with Gasteiger partial charge in [0, 0.05) is 10.3 Å². The van der Waals surface area contributed by atoms with Crippen LogP contribution in [-0.4, -0.2) is 5.97 Å². The van der Waals surface area contributed by atoms with Crippen LogP contribution in [0.4, 0.5) is 5.69 Å². The van der Waals surface area contributed by atoms with E-state index in [4.69, 9.17) is 10.5 Å². The minimum absolute atomic E-state index is 0.272. The van der Waals surface area contributed by atoms with Crippen LogP contribution in [0, 0.1) is 6.92 Å². The number of thiophene rings is 1. The second-order valence-electron chi connectivity index (χ2n) is 3.68. The van der Waals surface area contributed by atoms with Crippen molar-refractivity contribution >= 4 is 23.0 Å². The quantitative estimate of drug-likeness (QED) is 0.848. The molecule has 0 saturated heterocycles. The van der Waals surface area contributed by atoms with Crippen LogP contribution in [0.15, 0.2) is 35.7 Å². The number of rotatable bonds is 3. The summed E-state index contributed by atoms with van der Waals surface area (Å²) in [6.07, 6.45) is 0. The molecule has 0 saturated carbocycles. The van der Waals surface area contributed by atoms with Crippen LogP contribution in [-0.2, 0) is 11.3 Å². The predicted octanol–water partition coefficient (Wildman–Crippen LogP) is 3.00. The summed E-state index contributed by atoms with van der Waals surface area (Å²) in [5.74, 6) is -0.365. The van der Waals surface area contributed by atoms with Gasteiger partial charge in [0.2, 0.25) is 0 Å². The number of nitrogens with two attached hydrogens (primary N) is 1. The summed E-state index contributed by atoms with van der Waals surface area (Å²) in [6, 6.07) is 9.56. The molecule has 1 aromatic carbocycles. The Hall–Kier alpha value is -1.81. The van der Waals surface area contributed by atoms with Crippen LogP contribution < -0.4 is 5.73 Å². The van der Waals surface area contributed by atoms with Gasteiger partial charge in [-0.2, -0.15) is 0 Å². The van der Waals surface area contributed by atoms with Crippen molar-refractivity contribution in [2.45, 2.75) is 13.5 Å². The molecule has 1 heterocycles. The Morgan fingerprint density at radius 1 is 1.35 bits per heavy atom. The third-order valence-electron chi connectivity index (χ3n) is 2.46. The molecule has 0 fully saturated rings. The zero-order chi connectivity index (χ0) is 12.3. The average molecular weight is 247 g/mol. The van der Waals surface area contributed by atoms with E-state index >= 15 is 0 Å². The van der Waals surface area contributed by atoms with Crippen LogP contribution >= 0.6 is 11.3 Å². The zero-order valence-corrected chi connectivity index (χ0v) is 10.3. The maximum absolute atomic E-state index is 11.8. The van der Waals surface area contributed by atoms with E-state index in [0.29, 0.717) is 11.3 Å². The number of carbonyl (C=O) groups is 1. The number of benzene rings is 1. The molecule has 0 unspecified atom stereocenters. The summed E-state index contributed by atoms with van der Waals surface area (Å²) in [6.45, 7) is 2.15. The first-order chi connectivity index (χ1) is 8.18. The number of nitrogen functional groups attached to an aromatic ring is 1. The molecule has 0 radical (unpaired) electrons. The Morgan fingerprint density at radius 2 is 2.06 bits per heavy atom. The lowest BCUT2D eigenvalue weighted by atomic mass is 10.2. The van der Waals surface area contributed by atoms with E-state index in [-0.39, 0.29) is 12.6 Å². The van der Waals surface area contributed by atoms with Gasteiger partial charge < -0.3 is 10.5 Å². The maximum Gasteiger partial charge on any atom is 0.341 e. The normalized spacial score (nSPS) is 10.2. The topological polar surface area (TPSA) is 52.3 Å². The molecule has 0 atom stereocenters. The number of carbonyl (C=O) groups excluding carboxylic acids is 1. The van der Waals surface area contributed by atoms with Crippen molar-refractivity contribution in [3.8, 4) is 0 Å². The first-order valence-corrected chi connectivity index (χ1v) is 6.11. The summed E-state index contributed by atoms with van der Waals surface area (Å²) >= 11 is 1.46. The molecular weight excluding hydrogens is 234 g/mol. The molecule has 2 rings (SSSR count). The first kappa shape index (κ1) is 11.7. The van der Waals surface area contributed by atoms with E-state index in [1.165, 1.54) is 11.3 Å². The van der Waals surface area contributed by atoms with Crippen molar-refractivity contribution in [3.63, 3.8) is 0 Å². The van der Waals surface area contributed by atoms with Crippen LogP contribution in [0.25, 0.3) is 0 Å². The van der Waals surface area contributed by atoms with Crippen molar-refractivity contribution in [2.24, 2.45) is 0 Å². The fourth-order valence-corrected chi connectivity index (χ4v) is 2.18. The van der Waals surface area contributed by atoms with Crippen molar-refractivity contribution in [2.75, 3.05) is 5.73 Å². The van der Waals surface area contributed by atoms with Gasteiger partial charge in [0.05, 0.1) is 11.3 Å². The molecule has 1 aromatic heterocycles. The Kier molecular flexibility index (Phi) is 3.44. The monoisotopic (exact) mass is 247 g/mol. The van der Waals surface area contributed by atoms with Gasteiger partial charge in [-0.3, -0.25) is 0 Å². The second kappa shape index (κ2) is 5.01.